The molecule has 1 aromatic rings. The molecule has 0 unspecified atom stereocenters. The lowest BCUT2D eigenvalue weighted by Gasteiger charge is -2.34. The number of hydrogen-bond donors (Lipinski definition) is 1. The van der Waals surface area contributed by atoms with Crippen molar-refractivity contribution in [3.05, 3.63) is 29.3 Å². The van der Waals surface area contributed by atoms with Crippen LogP contribution in [0.25, 0.3) is 0 Å². The number of nitriles is 1. The fourth-order valence-electron chi connectivity index (χ4n) is 2.74. The van der Waals surface area contributed by atoms with Crippen LogP contribution in [-0.2, 0) is 0 Å². The van der Waals surface area contributed by atoms with Gasteiger partial charge in [-0.15, -0.1) is 0 Å². The summed E-state index contributed by atoms with van der Waals surface area (Å²) in [5.41, 5.74) is 3.07. The van der Waals surface area contributed by atoms with Crippen molar-refractivity contribution in [2.45, 2.75) is 26.7 Å². The van der Waals surface area contributed by atoms with Gasteiger partial charge in [0.05, 0.1) is 11.3 Å². The molecule has 19 heavy (non-hydrogen) atoms. The van der Waals surface area contributed by atoms with Crippen LogP contribution in [0.1, 0.15) is 30.9 Å². The number of anilines is 1. The summed E-state index contributed by atoms with van der Waals surface area (Å²) in [7, 11) is 0. The lowest BCUT2D eigenvalue weighted by Crippen LogP contribution is -2.37. The molecule has 1 aliphatic rings. The van der Waals surface area contributed by atoms with Gasteiger partial charge < -0.3 is 10.2 Å². The van der Waals surface area contributed by atoms with E-state index in [-0.39, 0.29) is 0 Å². The Kier molecular flexibility index (Phi) is 4.81. The number of nitrogens with zero attached hydrogens (tertiary/aromatic N) is 2. The molecule has 1 aromatic carbocycles. The molecule has 3 nitrogen and oxygen atoms in total. The van der Waals surface area contributed by atoms with E-state index < -0.39 is 0 Å². The standard InChI is InChI=1S/C16H23N3/c1-3-18-12-14-6-8-19(9-7-14)16-5-4-13(2)10-15(16)11-17/h4-5,10,14,18H,3,6-9,12H2,1-2H3. The summed E-state index contributed by atoms with van der Waals surface area (Å²) < 4.78 is 0. The highest BCUT2D eigenvalue weighted by Crippen LogP contribution is 2.26. The number of aryl methyl sites for hydroxylation is 1. The lowest BCUT2D eigenvalue weighted by molar-refractivity contribution is 0.386. The molecule has 1 heterocycles. The van der Waals surface area contributed by atoms with E-state index in [1.54, 1.807) is 0 Å². The molecule has 0 bridgehead atoms. The van der Waals surface area contributed by atoms with Gasteiger partial charge in [-0.05, 0) is 56.5 Å². The van der Waals surface area contributed by atoms with Gasteiger partial charge in [0, 0.05) is 13.1 Å². The first-order valence-electron chi connectivity index (χ1n) is 7.21. The highest BCUT2D eigenvalue weighted by Gasteiger charge is 2.20. The molecule has 1 N–H and O–H groups in total. The van der Waals surface area contributed by atoms with E-state index in [0.29, 0.717) is 0 Å². The Morgan fingerprint density at radius 2 is 2.11 bits per heavy atom. The monoisotopic (exact) mass is 257 g/mol. The molecule has 0 saturated carbocycles. The third-order valence-corrected chi connectivity index (χ3v) is 3.91. The fraction of sp³-hybridized carbons (Fsp3) is 0.562. The van der Waals surface area contributed by atoms with Gasteiger partial charge in [0.15, 0.2) is 0 Å². The van der Waals surface area contributed by atoms with Crippen molar-refractivity contribution in [3.8, 4) is 6.07 Å². The molecule has 0 aromatic heterocycles. The summed E-state index contributed by atoms with van der Waals surface area (Å²) in [6, 6.07) is 8.51. The van der Waals surface area contributed by atoms with Crippen LogP contribution in [0, 0.1) is 24.2 Å². The Bertz CT molecular complexity index is 454. The third kappa shape index (κ3) is 3.48. The molecule has 0 spiro atoms. The fourth-order valence-corrected chi connectivity index (χ4v) is 2.74. The molecule has 0 amide bonds. The van der Waals surface area contributed by atoms with E-state index in [4.69, 9.17) is 0 Å². The molecule has 0 aliphatic carbocycles. The zero-order chi connectivity index (χ0) is 13.7. The van der Waals surface area contributed by atoms with Crippen molar-refractivity contribution < 1.29 is 0 Å². The molecular formula is C16H23N3. The van der Waals surface area contributed by atoms with Gasteiger partial charge in [-0.2, -0.15) is 5.26 Å². The number of nitrogens with one attached hydrogen (secondary N) is 1. The van der Waals surface area contributed by atoms with Crippen LogP contribution in [0.15, 0.2) is 18.2 Å². The predicted octanol–water partition coefficient (Wildman–Crippen LogP) is 2.69. The van der Waals surface area contributed by atoms with Crippen LogP contribution < -0.4 is 10.2 Å². The quantitative estimate of drug-likeness (QED) is 0.901. The van der Waals surface area contributed by atoms with Gasteiger partial charge in [-0.3, -0.25) is 0 Å². The zero-order valence-electron chi connectivity index (χ0n) is 11.9. The first-order chi connectivity index (χ1) is 9.24. The molecule has 2 rings (SSSR count). The Morgan fingerprint density at radius 3 is 2.74 bits per heavy atom. The summed E-state index contributed by atoms with van der Waals surface area (Å²) in [5.74, 6) is 0.784. The Labute approximate surface area is 116 Å². The minimum atomic E-state index is 0.784. The van der Waals surface area contributed by atoms with Crippen molar-refractivity contribution >= 4 is 5.69 Å². The molecule has 102 valence electrons. The maximum absolute atomic E-state index is 9.25. The van der Waals surface area contributed by atoms with Gasteiger partial charge in [0.1, 0.15) is 6.07 Å². The van der Waals surface area contributed by atoms with E-state index in [2.05, 4.69) is 35.3 Å². The van der Waals surface area contributed by atoms with E-state index >= 15 is 0 Å². The molecule has 0 radical (unpaired) electrons. The van der Waals surface area contributed by atoms with Gasteiger partial charge in [0.2, 0.25) is 0 Å². The SMILES string of the molecule is CCNCC1CCN(c2ccc(C)cc2C#N)CC1. The average molecular weight is 257 g/mol. The van der Waals surface area contributed by atoms with Crippen molar-refractivity contribution in [2.75, 3.05) is 31.1 Å². The van der Waals surface area contributed by atoms with E-state index in [0.717, 1.165) is 48.9 Å². The van der Waals surface area contributed by atoms with Crippen LogP contribution in [0.5, 0.6) is 0 Å². The zero-order valence-corrected chi connectivity index (χ0v) is 11.9. The van der Waals surface area contributed by atoms with E-state index in [1.165, 1.54) is 12.8 Å². The van der Waals surface area contributed by atoms with Gasteiger partial charge in [-0.25, -0.2) is 0 Å². The van der Waals surface area contributed by atoms with E-state index in [1.807, 2.05) is 13.0 Å². The number of rotatable bonds is 4. The first kappa shape index (κ1) is 13.9. The minimum absolute atomic E-state index is 0.784. The van der Waals surface area contributed by atoms with Gasteiger partial charge in [0.25, 0.3) is 0 Å². The largest absolute Gasteiger partial charge is 0.370 e. The maximum Gasteiger partial charge on any atom is 0.101 e. The van der Waals surface area contributed by atoms with Crippen molar-refractivity contribution in [3.63, 3.8) is 0 Å². The normalized spacial score (nSPS) is 16.4. The Morgan fingerprint density at radius 1 is 1.37 bits per heavy atom. The first-order valence-corrected chi connectivity index (χ1v) is 7.21. The van der Waals surface area contributed by atoms with Crippen LogP contribution in [0.4, 0.5) is 5.69 Å². The molecule has 0 atom stereocenters. The summed E-state index contributed by atoms with van der Waals surface area (Å²) in [4.78, 5) is 2.36. The van der Waals surface area contributed by atoms with Crippen LogP contribution in [0.3, 0.4) is 0 Å². The highest BCUT2D eigenvalue weighted by atomic mass is 15.1. The Hall–Kier alpha value is -1.53. The van der Waals surface area contributed by atoms with Crippen molar-refractivity contribution in [1.82, 2.24) is 5.32 Å². The smallest absolute Gasteiger partial charge is 0.101 e. The van der Waals surface area contributed by atoms with Gasteiger partial charge in [-0.1, -0.05) is 13.0 Å². The number of benzene rings is 1. The second kappa shape index (κ2) is 6.58. The summed E-state index contributed by atoms with van der Waals surface area (Å²) in [6.45, 7) is 8.50. The van der Waals surface area contributed by atoms with Crippen LogP contribution >= 0.6 is 0 Å². The van der Waals surface area contributed by atoms with Crippen LogP contribution in [-0.4, -0.2) is 26.2 Å². The average Bonchev–Trinajstić information content (AvgIpc) is 2.45. The van der Waals surface area contributed by atoms with Crippen molar-refractivity contribution in [1.29, 1.82) is 5.26 Å². The highest BCUT2D eigenvalue weighted by molar-refractivity contribution is 5.60. The lowest BCUT2D eigenvalue weighted by atomic mass is 9.95. The Balaban J connectivity index is 2.00. The molecular weight excluding hydrogens is 234 g/mol. The molecule has 1 saturated heterocycles. The number of piperidine rings is 1. The summed E-state index contributed by atoms with van der Waals surface area (Å²) >= 11 is 0. The summed E-state index contributed by atoms with van der Waals surface area (Å²) in [6.07, 6.45) is 2.43. The maximum atomic E-state index is 9.25. The van der Waals surface area contributed by atoms with Crippen LogP contribution in [0.2, 0.25) is 0 Å². The second-order valence-electron chi connectivity index (χ2n) is 5.37. The molecule has 1 fully saturated rings. The minimum Gasteiger partial charge on any atom is -0.370 e. The predicted molar refractivity (Wildman–Crippen MR) is 79.4 cm³/mol. The second-order valence-corrected chi connectivity index (χ2v) is 5.37. The summed E-state index contributed by atoms with van der Waals surface area (Å²) in [5, 5.41) is 12.7. The van der Waals surface area contributed by atoms with E-state index in [9.17, 15) is 5.26 Å². The third-order valence-electron chi connectivity index (χ3n) is 3.91. The topological polar surface area (TPSA) is 39.1 Å². The van der Waals surface area contributed by atoms with Gasteiger partial charge >= 0.3 is 0 Å². The molecule has 3 heteroatoms. The molecule has 1 aliphatic heterocycles. The van der Waals surface area contributed by atoms with Crippen molar-refractivity contribution in [2.24, 2.45) is 5.92 Å². The number of hydrogen-bond acceptors (Lipinski definition) is 3.